The van der Waals surface area contributed by atoms with Gasteiger partial charge in [0.1, 0.15) is 0 Å². The molecule has 1 aromatic rings. The zero-order chi connectivity index (χ0) is 16.0. The maximum absolute atomic E-state index is 11.9. The number of carbonyl (C=O) groups is 2. The first-order chi connectivity index (χ1) is 9.69. The number of hydrogen-bond donors (Lipinski definition) is 3. The van der Waals surface area contributed by atoms with E-state index < -0.39 is 17.5 Å². The quantitative estimate of drug-likeness (QED) is 0.728. The van der Waals surface area contributed by atoms with Crippen LogP contribution in [0.15, 0.2) is 18.2 Å². The van der Waals surface area contributed by atoms with E-state index in [0.29, 0.717) is 5.56 Å². The van der Waals surface area contributed by atoms with E-state index in [1.165, 1.54) is 18.2 Å². The molecule has 21 heavy (non-hydrogen) atoms. The fourth-order valence-electron chi connectivity index (χ4n) is 1.44. The van der Waals surface area contributed by atoms with E-state index in [1.807, 2.05) is 0 Å². The number of carboxylic acid groups (broad SMARTS) is 1. The highest BCUT2D eigenvalue weighted by Crippen LogP contribution is 2.29. The zero-order valence-electron chi connectivity index (χ0n) is 11.0. The molecule has 5 nitrogen and oxygen atoms in total. The van der Waals surface area contributed by atoms with Crippen molar-refractivity contribution in [2.75, 3.05) is 17.6 Å². The minimum absolute atomic E-state index is 0.0421. The van der Waals surface area contributed by atoms with Crippen molar-refractivity contribution >= 4 is 29.4 Å². The number of alkyl halides is 3. The monoisotopic (exact) mass is 322 g/mol. The smallest absolute Gasteiger partial charge is 0.441 e. The number of halogens is 3. The van der Waals surface area contributed by atoms with E-state index in [0.717, 1.165) is 0 Å². The van der Waals surface area contributed by atoms with Gasteiger partial charge in [0.05, 0.1) is 5.56 Å². The number of carboxylic acids is 1. The average molecular weight is 322 g/mol. The highest BCUT2D eigenvalue weighted by Gasteiger charge is 2.27. The molecule has 0 spiro atoms. The number of rotatable bonds is 5. The fraction of sp³-hybridized carbons (Fsp3) is 0.333. The van der Waals surface area contributed by atoms with Gasteiger partial charge in [-0.3, -0.25) is 0 Å². The van der Waals surface area contributed by atoms with E-state index in [2.05, 4.69) is 10.6 Å². The summed E-state index contributed by atoms with van der Waals surface area (Å²) in [6, 6.07) is 3.62. The number of amides is 2. The normalized spacial score (nSPS) is 11.0. The van der Waals surface area contributed by atoms with Crippen LogP contribution in [0.25, 0.3) is 0 Å². The minimum Gasteiger partial charge on any atom is -0.478 e. The molecule has 9 heteroatoms. The molecule has 1 rings (SSSR count). The summed E-state index contributed by atoms with van der Waals surface area (Å²) >= 11 is -0.230. The Morgan fingerprint density at radius 3 is 2.57 bits per heavy atom. The maximum atomic E-state index is 11.9. The molecule has 0 saturated carbocycles. The van der Waals surface area contributed by atoms with E-state index in [9.17, 15) is 22.8 Å². The molecule has 0 atom stereocenters. The van der Waals surface area contributed by atoms with Crippen molar-refractivity contribution in [2.24, 2.45) is 0 Å². The number of nitrogens with one attached hydrogen (secondary N) is 2. The Morgan fingerprint density at radius 1 is 1.33 bits per heavy atom. The third kappa shape index (κ3) is 6.39. The lowest BCUT2D eigenvalue weighted by molar-refractivity contribution is -0.0327. The Balaban J connectivity index is 2.48. The molecule has 0 bridgehead atoms. The summed E-state index contributed by atoms with van der Waals surface area (Å²) < 4.78 is 35.6. The number of aryl methyl sites for hydroxylation is 1. The molecule has 0 radical (unpaired) electrons. The Hall–Kier alpha value is -1.90. The van der Waals surface area contributed by atoms with Crippen LogP contribution in [0.1, 0.15) is 15.9 Å². The molecule has 2 amide bonds. The van der Waals surface area contributed by atoms with Gasteiger partial charge in [0.25, 0.3) is 0 Å². The number of hydrogen-bond acceptors (Lipinski definition) is 3. The van der Waals surface area contributed by atoms with Crippen molar-refractivity contribution < 1.29 is 27.9 Å². The fourth-order valence-corrected chi connectivity index (χ4v) is 1.87. The molecule has 0 fully saturated rings. The number of aromatic carboxylic acids is 1. The van der Waals surface area contributed by atoms with Crippen LogP contribution in [0.3, 0.4) is 0 Å². The summed E-state index contributed by atoms with van der Waals surface area (Å²) in [5.74, 6) is -1.43. The van der Waals surface area contributed by atoms with Crippen LogP contribution in [-0.2, 0) is 0 Å². The SMILES string of the molecule is Cc1ccc(NC(=O)NCCSC(F)(F)F)cc1C(=O)O. The Kier molecular flexibility index (Phi) is 5.89. The molecule has 1 aromatic carbocycles. The Morgan fingerprint density at radius 2 is 2.00 bits per heavy atom. The van der Waals surface area contributed by atoms with Gasteiger partial charge in [-0.2, -0.15) is 13.2 Å². The maximum Gasteiger partial charge on any atom is 0.441 e. The molecule has 0 aliphatic carbocycles. The van der Waals surface area contributed by atoms with Crippen molar-refractivity contribution in [3.63, 3.8) is 0 Å². The molecular formula is C12H13F3N2O3S. The Labute approximate surface area is 122 Å². The molecule has 0 unspecified atom stereocenters. The molecule has 0 saturated heterocycles. The molecule has 0 aliphatic heterocycles. The third-order valence-electron chi connectivity index (χ3n) is 2.38. The zero-order valence-corrected chi connectivity index (χ0v) is 11.8. The summed E-state index contributed by atoms with van der Waals surface area (Å²) in [5, 5.41) is 13.5. The molecule has 0 aliphatic rings. The topological polar surface area (TPSA) is 78.4 Å². The third-order valence-corrected chi connectivity index (χ3v) is 3.11. The molecule has 116 valence electrons. The number of thioether (sulfide) groups is 1. The predicted octanol–water partition coefficient (Wildman–Crippen LogP) is 3.07. The highest BCUT2D eigenvalue weighted by molar-refractivity contribution is 8.00. The lowest BCUT2D eigenvalue weighted by atomic mass is 10.1. The van der Waals surface area contributed by atoms with Gasteiger partial charge in [0.15, 0.2) is 0 Å². The van der Waals surface area contributed by atoms with Crippen LogP contribution in [0.5, 0.6) is 0 Å². The van der Waals surface area contributed by atoms with Crippen LogP contribution < -0.4 is 10.6 Å². The number of urea groups is 1. The predicted molar refractivity (Wildman–Crippen MR) is 73.7 cm³/mol. The minimum atomic E-state index is -4.33. The van der Waals surface area contributed by atoms with Crippen LogP contribution in [-0.4, -0.2) is 34.9 Å². The lowest BCUT2D eigenvalue weighted by Gasteiger charge is -2.10. The number of anilines is 1. The summed E-state index contributed by atoms with van der Waals surface area (Å²) in [4.78, 5) is 22.4. The van der Waals surface area contributed by atoms with Crippen LogP contribution >= 0.6 is 11.8 Å². The molecular weight excluding hydrogens is 309 g/mol. The summed E-state index contributed by atoms with van der Waals surface area (Å²) in [7, 11) is 0. The van der Waals surface area contributed by atoms with E-state index in [1.54, 1.807) is 6.92 Å². The van der Waals surface area contributed by atoms with Crippen LogP contribution in [0.2, 0.25) is 0 Å². The van der Waals surface area contributed by atoms with E-state index in [4.69, 9.17) is 5.11 Å². The Bertz CT molecular complexity index is 535. The summed E-state index contributed by atoms with van der Waals surface area (Å²) in [6.45, 7) is 1.45. The van der Waals surface area contributed by atoms with Crippen molar-refractivity contribution in [1.82, 2.24) is 5.32 Å². The highest BCUT2D eigenvalue weighted by atomic mass is 32.2. The largest absolute Gasteiger partial charge is 0.478 e. The van der Waals surface area contributed by atoms with E-state index in [-0.39, 0.29) is 35.3 Å². The van der Waals surface area contributed by atoms with Gasteiger partial charge >= 0.3 is 17.5 Å². The van der Waals surface area contributed by atoms with Gasteiger partial charge in [-0.15, -0.1) is 0 Å². The molecule has 0 aromatic heterocycles. The van der Waals surface area contributed by atoms with Crippen LogP contribution in [0, 0.1) is 6.92 Å². The van der Waals surface area contributed by atoms with Gasteiger partial charge < -0.3 is 15.7 Å². The van der Waals surface area contributed by atoms with Gasteiger partial charge in [0.2, 0.25) is 0 Å². The molecule has 3 N–H and O–H groups in total. The summed E-state index contributed by atoms with van der Waals surface area (Å²) in [6.07, 6.45) is 0. The second-order valence-electron chi connectivity index (χ2n) is 4.01. The first-order valence-corrected chi connectivity index (χ1v) is 6.77. The summed E-state index contributed by atoms with van der Waals surface area (Å²) in [5.41, 5.74) is -3.50. The van der Waals surface area contributed by atoms with Crippen LogP contribution in [0.4, 0.5) is 23.7 Å². The van der Waals surface area contributed by atoms with Gasteiger partial charge in [0, 0.05) is 18.0 Å². The second-order valence-corrected chi connectivity index (χ2v) is 5.17. The first-order valence-electron chi connectivity index (χ1n) is 5.78. The van der Waals surface area contributed by atoms with Gasteiger partial charge in [-0.1, -0.05) is 6.07 Å². The van der Waals surface area contributed by atoms with Crippen molar-refractivity contribution in [1.29, 1.82) is 0 Å². The first kappa shape index (κ1) is 17.2. The second kappa shape index (κ2) is 7.21. The van der Waals surface area contributed by atoms with Gasteiger partial charge in [-0.05, 0) is 36.4 Å². The number of benzene rings is 1. The molecule has 0 heterocycles. The van der Waals surface area contributed by atoms with Crippen molar-refractivity contribution in [3.05, 3.63) is 29.3 Å². The standard InChI is InChI=1S/C12H13F3N2O3S/c1-7-2-3-8(6-9(7)10(18)19)17-11(20)16-4-5-21-12(13,14)15/h2-3,6H,4-5H2,1H3,(H,18,19)(H2,16,17,20). The average Bonchev–Trinajstić information content (AvgIpc) is 2.35. The van der Waals surface area contributed by atoms with Crippen molar-refractivity contribution in [2.45, 2.75) is 12.4 Å². The number of carbonyl (C=O) groups excluding carboxylic acids is 1. The van der Waals surface area contributed by atoms with Crippen molar-refractivity contribution in [3.8, 4) is 0 Å². The van der Waals surface area contributed by atoms with Gasteiger partial charge in [-0.25, -0.2) is 9.59 Å². The van der Waals surface area contributed by atoms with E-state index >= 15 is 0 Å². The lowest BCUT2D eigenvalue weighted by Crippen LogP contribution is -2.31.